The predicted octanol–water partition coefficient (Wildman–Crippen LogP) is 7.83. The third-order valence-corrected chi connectivity index (χ3v) is 8.70. The Morgan fingerprint density at radius 1 is 1.03 bits per heavy atom. The Morgan fingerprint density at radius 2 is 1.89 bits per heavy atom. The summed E-state index contributed by atoms with van der Waals surface area (Å²) in [5.41, 5.74) is 10.9. The highest BCUT2D eigenvalue weighted by Crippen LogP contribution is 2.55. The minimum Gasteiger partial charge on any atom is -0.490 e. The van der Waals surface area contributed by atoms with Crippen molar-refractivity contribution in [2.24, 2.45) is 5.73 Å². The smallest absolute Gasteiger partial charge is 0.127 e. The summed E-state index contributed by atoms with van der Waals surface area (Å²) in [6.45, 7) is 0.787. The average molecular weight is 507 g/mol. The summed E-state index contributed by atoms with van der Waals surface area (Å²) in [6.07, 6.45) is 14.7. The third kappa shape index (κ3) is 6.22. The molecule has 0 amide bonds. The van der Waals surface area contributed by atoms with Crippen LogP contribution in [0.15, 0.2) is 65.8 Å². The average Bonchev–Trinajstić information content (AvgIpc) is 3.82. The van der Waals surface area contributed by atoms with E-state index in [0.717, 1.165) is 55.2 Å². The van der Waals surface area contributed by atoms with Crippen molar-refractivity contribution in [3.8, 4) is 16.9 Å². The minimum atomic E-state index is 0.172. The molecule has 0 unspecified atom stereocenters. The quantitative estimate of drug-likeness (QED) is 0.189. The molecular formula is C30H35ClN2OS. The zero-order chi connectivity index (χ0) is 24.1. The molecule has 3 aromatic rings. The normalized spacial score (nSPS) is 16.3. The lowest BCUT2D eigenvalue weighted by Gasteiger charge is -2.21. The second kappa shape index (κ2) is 11.4. The number of nitrogens with two attached hydrogens (primary N) is 1. The summed E-state index contributed by atoms with van der Waals surface area (Å²) < 4.78 is 6.26. The maximum atomic E-state index is 6.64. The summed E-state index contributed by atoms with van der Waals surface area (Å²) in [7, 11) is 0. The van der Waals surface area contributed by atoms with Gasteiger partial charge in [0.15, 0.2) is 0 Å². The summed E-state index contributed by atoms with van der Waals surface area (Å²) in [5, 5.41) is 0.878. The fraction of sp³-hybridized carbons (Fsp3) is 0.433. The fourth-order valence-electron chi connectivity index (χ4n) is 4.83. The first-order valence-electron chi connectivity index (χ1n) is 13.0. The number of hydrogen-bond donors (Lipinski definition) is 1. The van der Waals surface area contributed by atoms with Crippen LogP contribution in [-0.4, -0.2) is 23.4 Å². The number of pyridine rings is 1. The van der Waals surface area contributed by atoms with Gasteiger partial charge in [-0.2, -0.15) is 0 Å². The van der Waals surface area contributed by atoms with Gasteiger partial charge in [0.1, 0.15) is 5.75 Å². The molecule has 0 saturated heterocycles. The topological polar surface area (TPSA) is 48.1 Å². The van der Waals surface area contributed by atoms with Crippen molar-refractivity contribution in [2.45, 2.75) is 74.2 Å². The Hall–Kier alpha value is -2.01. The third-order valence-electron chi connectivity index (χ3n) is 7.25. The van der Waals surface area contributed by atoms with Crippen LogP contribution in [0.1, 0.15) is 62.5 Å². The van der Waals surface area contributed by atoms with Crippen molar-refractivity contribution in [2.75, 3.05) is 12.3 Å². The van der Waals surface area contributed by atoms with E-state index >= 15 is 0 Å². The van der Waals surface area contributed by atoms with Crippen molar-refractivity contribution in [1.29, 1.82) is 0 Å². The van der Waals surface area contributed by atoms with Crippen molar-refractivity contribution < 1.29 is 4.74 Å². The molecule has 5 rings (SSSR count). The minimum absolute atomic E-state index is 0.172. The van der Waals surface area contributed by atoms with Crippen molar-refractivity contribution in [1.82, 2.24) is 4.98 Å². The first kappa shape index (κ1) is 24.7. The van der Waals surface area contributed by atoms with Gasteiger partial charge < -0.3 is 10.5 Å². The van der Waals surface area contributed by atoms with Gasteiger partial charge in [-0.3, -0.25) is 4.98 Å². The number of hydrogen-bond acceptors (Lipinski definition) is 4. The number of thioether (sulfide) groups is 1. The van der Waals surface area contributed by atoms with Crippen LogP contribution in [0.4, 0.5) is 0 Å². The highest BCUT2D eigenvalue weighted by atomic mass is 35.5. The van der Waals surface area contributed by atoms with Gasteiger partial charge in [0.05, 0.1) is 6.10 Å². The molecule has 3 nitrogen and oxygen atoms in total. The van der Waals surface area contributed by atoms with E-state index in [1.54, 1.807) is 0 Å². The largest absolute Gasteiger partial charge is 0.490 e. The molecule has 2 aromatic carbocycles. The van der Waals surface area contributed by atoms with Crippen LogP contribution >= 0.6 is 23.4 Å². The fourth-order valence-corrected chi connectivity index (χ4v) is 6.02. The molecule has 0 spiro atoms. The summed E-state index contributed by atoms with van der Waals surface area (Å²) in [6, 6.07) is 17.2. The van der Waals surface area contributed by atoms with Crippen LogP contribution in [0.3, 0.4) is 0 Å². The van der Waals surface area contributed by atoms with Gasteiger partial charge in [-0.05, 0) is 116 Å². The van der Waals surface area contributed by atoms with Crippen LogP contribution in [0.5, 0.6) is 5.75 Å². The number of nitrogens with zero attached hydrogens (tertiary/aromatic N) is 1. The number of aromatic nitrogens is 1. The SMILES string of the molecule is NCCCCCSc1ccc(Cl)c(CCC2(c3cnccc3-c3ccccc3OC3CC3)CC2)c1. The molecule has 2 N–H and O–H groups in total. The van der Waals surface area contributed by atoms with E-state index in [1.807, 2.05) is 18.0 Å². The lowest BCUT2D eigenvalue weighted by atomic mass is 9.85. The molecule has 1 aromatic heterocycles. The van der Waals surface area contributed by atoms with Crippen LogP contribution in [0.25, 0.3) is 11.1 Å². The number of halogens is 1. The highest BCUT2D eigenvalue weighted by Gasteiger charge is 2.45. The molecule has 2 fully saturated rings. The van der Waals surface area contributed by atoms with E-state index in [1.165, 1.54) is 52.8 Å². The Bertz CT molecular complexity index is 1140. The number of benzene rings is 2. The molecule has 2 aliphatic carbocycles. The van der Waals surface area contributed by atoms with Crippen molar-refractivity contribution >= 4 is 23.4 Å². The maximum Gasteiger partial charge on any atom is 0.127 e. The summed E-state index contributed by atoms with van der Waals surface area (Å²) >= 11 is 8.57. The molecular weight excluding hydrogens is 472 g/mol. The predicted molar refractivity (Wildman–Crippen MR) is 148 cm³/mol. The van der Waals surface area contributed by atoms with Crippen LogP contribution in [0, 0.1) is 0 Å². The van der Waals surface area contributed by atoms with Gasteiger partial charge in [0.25, 0.3) is 0 Å². The van der Waals surface area contributed by atoms with Gasteiger partial charge in [-0.15, -0.1) is 11.8 Å². The number of aryl methyl sites for hydroxylation is 1. The van der Waals surface area contributed by atoms with Crippen LogP contribution < -0.4 is 10.5 Å². The van der Waals surface area contributed by atoms with Gasteiger partial charge in [-0.1, -0.05) is 36.2 Å². The van der Waals surface area contributed by atoms with Crippen LogP contribution in [0.2, 0.25) is 5.02 Å². The zero-order valence-electron chi connectivity index (χ0n) is 20.3. The first-order valence-corrected chi connectivity index (χ1v) is 14.4. The molecule has 0 radical (unpaired) electrons. The number of unbranched alkanes of at least 4 members (excludes halogenated alkanes) is 2. The Labute approximate surface area is 218 Å². The van der Waals surface area contributed by atoms with Gasteiger partial charge in [0.2, 0.25) is 0 Å². The second-order valence-corrected chi connectivity index (χ2v) is 11.5. The van der Waals surface area contributed by atoms with E-state index in [0.29, 0.717) is 6.10 Å². The Morgan fingerprint density at radius 3 is 2.69 bits per heavy atom. The molecule has 0 bridgehead atoms. The molecule has 5 heteroatoms. The molecule has 2 saturated carbocycles. The molecule has 2 aliphatic rings. The Kier molecular flexibility index (Phi) is 8.01. The Balaban J connectivity index is 1.31. The van der Waals surface area contributed by atoms with E-state index in [2.05, 4.69) is 59.7 Å². The van der Waals surface area contributed by atoms with Gasteiger partial charge >= 0.3 is 0 Å². The molecule has 184 valence electrons. The van der Waals surface area contributed by atoms with Crippen LogP contribution in [-0.2, 0) is 11.8 Å². The second-order valence-electron chi connectivity index (χ2n) is 9.97. The number of para-hydroxylation sites is 1. The maximum absolute atomic E-state index is 6.64. The molecule has 35 heavy (non-hydrogen) atoms. The molecule has 1 heterocycles. The lowest BCUT2D eigenvalue weighted by Crippen LogP contribution is -2.11. The van der Waals surface area contributed by atoms with E-state index in [4.69, 9.17) is 22.1 Å². The van der Waals surface area contributed by atoms with E-state index < -0.39 is 0 Å². The molecule has 0 atom stereocenters. The van der Waals surface area contributed by atoms with E-state index in [9.17, 15) is 0 Å². The lowest BCUT2D eigenvalue weighted by molar-refractivity contribution is 0.304. The van der Waals surface area contributed by atoms with Crippen molar-refractivity contribution in [3.63, 3.8) is 0 Å². The standard InChI is InChI=1S/C30H35ClN2OS/c31-28-11-10-24(35-19-5-1-4-17-32)20-22(28)12-14-30(15-16-30)27-21-33-18-13-25(27)26-6-2-3-7-29(26)34-23-8-9-23/h2-3,6-7,10-11,13,18,20-21,23H,1,4-5,8-9,12,14-17,19,32H2. The van der Waals surface area contributed by atoms with E-state index in [-0.39, 0.29) is 5.41 Å². The highest BCUT2D eigenvalue weighted by molar-refractivity contribution is 7.99. The van der Waals surface area contributed by atoms with Gasteiger partial charge in [-0.25, -0.2) is 0 Å². The molecule has 0 aliphatic heterocycles. The summed E-state index contributed by atoms with van der Waals surface area (Å²) in [5.74, 6) is 2.13. The number of ether oxygens (including phenoxy) is 1. The monoisotopic (exact) mass is 506 g/mol. The number of rotatable bonds is 13. The summed E-state index contributed by atoms with van der Waals surface area (Å²) in [4.78, 5) is 5.86. The zero-order valence-corrected chi connectivity index (χ0v) is 21.9. The first-order chi connectivity index (χ1) is 17.2. The van der Waals surface area contributed by atoms with Gasteiger partial charge in [0, 0.05) is 27.9 Å². The van der Waals surface area contributed by atoms with Crippen molar-refractivity contribution in [3.05, 3.63) is 77.1 Å².